The first-order chi connectivity index (χ1) is 6.29. The Kier molecular flexibility index (Phi) is 1.78. The molecule has 0 aliphatic heterocycles. The van der Waals surface area contributed by atoms with E-state index in [2.05, 4.69) is 25.3 Å². The van der Waals surface area contributed by atoms with Crippen molar-refractivity contribution in [2.75, 3.05) is 0 Å². The maximum Gasteiger partial charge on any atom is 0.151 e. The molecule has 2 aromatic rings. The van der Waals surface area contributed by atoms with E-state index in [4.69, 9.17) is 5.73 Å². The van der Waals surface area contributed by atoms with Crippen molar-refractivity contribution in [2.45, 2.75) is 6.04 Å². The number of H-pyrrole nitrogens is 1. The van der Waals surface area contributed by atoms with Crippen molar-refractivity contribution < 1.29 is 0 Å². The molecule has 0 saturated heterocycles. The fraction of sp³-hybridized carbons (Fsp3) is 0.333. The van der Waals surface area contributed by atoms with E-state index in [-0.39, 0.29) is 0 Å². The number of nitrogens with zero attached hydrogens (tertiary/aromatic N) is 5. The maximum atomic E-state index is 5.85. The van der Waals surface area contributed by atoms with Gasteiger partial charge in [0.1, 0.15) is 24.5 Å². The van der Waals surface area contributed by atoms with Crippen LogP contribution in [0.1, 0.15) is 17.7 Å². The van der Waals surface area contributed by atoms with Crippen LogP contribution < -0.4 is 5.73 Å². The summed E-state index contributed by atoms with van der Waals surface area (Å²) in [5, 5.41) is 10.3. The van der Waals surface area contributed by atoms with E-state index in [9.17, 15) is 0 Å². The lowest BCUT2D eigenvalue weighted by molar-refractivity contribution is 0.638. The van der Waals surface area contributed by atoms with Crippen LogP contribution in [0.5, 0.6) is 0 Å². The van der Waals surface area contributed by atoms with Crippen molar-refractivity contribution in [3.05, 3.63) is 24.3 Å². The Balaban J connectivity index is 2.33. The highest BCUT2D eigenvalue weighted by molar-refractivity contribution is 5.06. The molecule has 0 radical (unpaired) electrons. The van der Waals surface area contributed by atoms with Crippen molar-refractivity contribution in [3.63, 3.8) is 0 Å². The summed E-state index contributed by atoms with van der Waals surface area (Å²) in [5.74, 6) is 1.23. The summed E-state index contributed by atoms with van der Waals surface area (Å²) in [5.41, 5.74) is 5.85. The summed E-state index contributed by atoms with van der Waals surface area (Å²) in [6.07, 6.45) is 2.86. The molecule has 1 atom stereocenters. The van der Waals surface area contributed by atoms with Crippen molar-refractivity contribution in [1.29, 1.82) is 0 Å². The van der Waals surface area contributed by atoms with Crippen LogP contribution in [0.3, 0.4) is 0 Å². The number of hydrogen-bond acceptors (Lipinski definition) is 5. The second kappa shape index (κ2) is 2.94. The minimum absolute atomic E-state index is 0.407. The number of aryl methyl sites for hydroxylation is 1. The Morgan fingerprint density at radius 2 is 2.31 bits per heavy atom. The van der Waals surface area contributed by atoms with Gasteiger partial charge in [-0.05, 0) is 0 Å². The summed E-state index contributed by atoms with van der Waals surface area (Å²) >= 11 is 0. The van der Waals surface area contributed by atoms with Gasteiger partial charge in [-0.2, -0.15) is 10.2 Å². The van der Waals surface area contributed by atoms with Crippen LogP contribution in [0.2, 0.25) is 0 Å². The summed E-state index contributed by atoms with van der Waals surface area (Å²) in [6.45, 7) is 0. The maximum absolute atomic E-state index is 5.85. The van der Waals surface area contributed by atoms with Gasteiger partial charge in [0.25, 0.3) is 0 Å². The Hall–Kier alpha value is -1.76. The predicted molar refractivity (Wildman–Crippen MR) is 43.4 cm³/mol. The van der Waals surface area contributed by atoms with Crippen molar-refractivity contribution in [3.8, 4) is 0 Å². The zero-order valence-electron chi connectivity index (χ0n) is 7.05. The van der Waals surface area contributed by atoms with Gasteiger partial charge in [-0.25, -0.2) is 9.97 Å². The van der Waals surface area contributed by atoms with Gasteiger partial charge < -0.3 is 5.73 Å². The average Bonchev–Trinajstić information content (AvgIpc) is 2.72. The zero-order valence-corrected chi connectivity index (χ0v) is 7.05. The van der Waals surface area contributed by atoms with Gasteiger partial charge in [0.15, 0.2) is 5.82 Å². The first-order valence-electron chi connectivity index (χ1n) is 3.74. The Morgan fingerprint density at radius 1 is 1.46 bits per heavy atom. The molecule has 0 amide bonds. The van der Waals surface area contributed by atoms with Crippen molar-refractivity contribution >= 4 is 0 Å². The first-order valence-corrected chi connectivity index (χ1v) is 3.74. The molecular weight excluding hydrogens is 170 g/mol. The lowest BCUT2D eigenvalue weighted by Gasteiger charge is -2.05. The molecule has 2 rings (SSSR count). The third-order valence-corrected chi connectivity index (χ3v) is 1.75. The largest absolute Gasteiger partial charge is 0.315 e. The highest BCUT2D eigenvalue weighted by Crippen LogP contribution is 2.10. The summed E-state index contributed by atoms with van der Waals surface area (Å²) < 4.78 is 1.60. The van der Waals surface area contributed by atoms with E-state index in [1.807, 2.05) is 0 Å². The van der Waals surface area contributed by atoms with Crippen LogP contribution in [0.25, 0.3) is 0 Å². The molecule has 0 aliphatic rings. The van der Waals surface area contributed by atoms with Gasteiger partial charge >= 0.3 is 0 Å². The quantitative estimate of drug-likeness (QED) is 0.615. The molecule has 0 saturated carbocycles. The molecule has 0 bridgehead atoms. The second-order valence-electron chi connectivity index (χ2n) is 2.59. The van der Waals surface area contributed by atoms with E-state index in [0.717, 1.165) is 0 Å². The van der Waals surface area contributed by atoms with Gasteiger partial charge in [0.05, 0.1) is 0 Å². The van der Waals surface area contributed by atoms with E-state index in [0.29, 0.717) is 11.6 Å². The Bertz CT molecular complexity index is 375. The van der Waals surface area contributed by atoms with Gasteiger partial charge in [0, 0.05) is 7.05 Å². The van der Waals surface area contributed by atoms with E-state index >= 15 is 0 Å². The molecule has 7 heteroatoms. The van der Waals surface area contributed by atoms with E-state index < -0.39 is 6.04 Å². The fourth-order valence-electron chi connectivity index (χ4n) is 1.07. The first kappa shape index (κ1) is 7.87. The minimum atomic E-state index is -0.407. The molecule has 7 nitrogen and oxygen atoms in total. The van der Waals surface area contributed by atoms with Gasteiger partial charge in [-0.3, -0.25) is 9.78 Å². The third-order valence-electron chi connectivity index (χ3n) is 1.75. The molecule has 68 valence electrons. The van der Waals surface area contributed by atoms with Crippen LogP contribution in [-0.4, -0.2) is 29.9 Å². The Labute approximate surface area is 74.0 Å². The zero-order chi connectivity index (χ0) is 9.26. The Morgan fingerprint density at radius 3 is 2.85 bits per heavy atom. The van der Waals surface area contributed by atoms with E-state index in [1.54, 1.807) is 11.7 Å². The van der Waals surface area contributed by atoms with E-state index in [1.165, 1.54) is 12.7 Å². The standard InChI is InChI=1S/C6H9N7/c1-13-6(9-3-11-13)4(7)5-8-2-10-12-5/h2-4H,7H2,1H3,(H,8,10,12). The highest BCUT2D eigenvalue weighted by atomic mass is 15.3. The molecule has 0 fully saturated rings. The van der Waals surface area contributed by atoms with Gasteiger partial charge in [-0.1, -0.05) is 0 Å². The topological polar surface area (TPSA) is 98.3 Å². The third kappa shape index (κ3) is 1.29. The molecule has 0 spiro atoms. The van der Waals surface area contributed by atoms with Gasteiger partial charge in [-0.15, -0.1) is 0 Å². The normalized spacial score (nSPS) is 13.1. The minimum Gasteiger partial charge on any atom is -0.315 e. The van der Waals surface area contributed by atoms with Crippen molar-refractivity contribution in [1.82, 2.24) is 29.9 Å². The van der Waals surface area contributed by atoms with Crippen LogP contribution in [0.4, 0.5) is 0 Å². The molecule has 0 aromatic carbocycles. The smallest absolute Gasteiger partial charge is 0.151 e. The summed E-state index contributed by atoms with van der Waals surface area (Å²) in [7, 11) is 1.78. The number of aromatic nitrogens is 6. The number of aromatic amines is 1. The molecule has 1 unspecified atom stereocenters. The van der Waals surface area contributed by atoms with Crippen LogP contribution >= 0.6 is 0 Å². The molecule has 3 N–H and O–H groups in total. The second-order valence-corrected chi connectivity index (χ2v) is 2.59. The molecular formula is C6H9N7. The van der Waals surface area contributed by atoms with Crippen molar-refractivity contribution in [2.24, 2.45) is 12.8 Å². The lowest BCUT2D eigenvalue weighted by atomic mass is 10.3. The summed E-state index contributed by atoms with van der Waals surface area (Å²) in [6, 6.07) is -0.407. The molecule has 2 heterocycles. The number of hydrogen-bond donors (Lipinski definition) is 2. The van der Waals surface area contributed by atoms with Crippen LogP contribution in [-0.2, 0) is 7.05 Å². The molecule has 0 aliphatic carbocycles. The molecule has 2 aromatic heterocycles. The number of nitrogens with two attached hydrogens (primary N) is 1. The summed E-state index contributed by atoms with van der Waals surface area (Å²) in [4.78, 5) is 7.95. The number of nitrogens with one attached hydrogen (secondary N) is 1. The van der Waals surface area contributed by atoms with Crippen LogP contribution in [0, 0.1) is 0 Å². The predicted octanol–water partition coefficient (Wildman–Crippen LogP) is -1.02. The molecule has 13 heavy (non-hydrogen) atoms. The average molecular weight is 179 g/mol. The lowest BCUT2D eigenvalue weighted by Crippen LogP contribution is -2.18. The SMILES string of the molecule is Cn1ncnc1C(N)c1ncn[nH]1. The monoisotopic (exact) mass is 179 g/mol. The number of rotatable bonds is 2. The fourth-order valence-corrected chi connectivity index (χ4v) is 1.07. The highest BCUT2D eigenvalue weighted by Gasteiger charge is 2.16. The van der Waals surface area contributed by atoms with Crippen LogP contribution in [0.15, 0.2) is 12.7 Å². The van der Waals surface area contributed by atoms with Gasteiger partial charge in [0.2, 0.25) is 0 Å².